The molecule has 2 atom stereocenters. The third-order valence-corrected chi connectivity index (χ3v) is 2.91. The van der Waals surface area contributed by atoms with E-state index in [2.05, 4.69) is 10.6 Å². The zero-order chi connectivity index (χ0) is 12.4. The number of hydrogen-bond donors (Lipinski definition) is 2. The highest BCUT2D eigenvalue weighted by molar-refractivity contribution is 5.78. The minimum absolute atomic E-state index is 0.0191. The molecule has 0 spiro atoms. The van der Waals surface area contributed by atoms with E-state index in [0.717, 1.165) is 6.07 Å². The van der Waals surface area contributed by atoms with Crippen molar-refractivity contribution in [3.05, 3.63) is 35.4 Å². The van der Waals surface area contributed by atoms with Crippen molar-refractivity contribution in [2.45, 2.75) is 25.4 Å². The molecule has 0 bridgehead atoms. The van der Waals surface area contributed by atoms with Gasteiger partial charge in [0.25, 0.3) is 0 Å². The molecule has 1 aromatic rings. The topological polar surface area (TPSA) is 41.1 Å². The van der Waals surface area contributed by atoms with Gasteiger partial charge in [0.15, 0.2) is 11.6 Å². The van der Waals surface area contributed by atoms with Crippen molar-refractivity contribution in [2.75, 3.05) is 6.54 Å². The highest BCUT2D eigenvalue weighted by Gasteiger charge is 2.24. The maximum absolute atomic E-state index is 13.5. The molecule has 1 heterocycles. The summed E-state index contributed by atoms with van der Waals surface area (Å²) in [7, 11) is 0. The standard InChI is InChI=1S/C12H14F2N2O/c1-7(16-8-5-11(17)15-6-8)9-3-2-4-10(13)12(9)14/h2-4,7-8,16H,5-6H2,1H3,(H,15,17). The minimum atomic E-state index is -0.850. The number of hydrogen-bond acceptors (Lipinski definition) is 2. The third-order valence-electron chi connectivity index (χ3n) is 2.91. The number of amides is 1. The Kier molecular flexibility index (Phi) is 3.38. The lowest BCUT2D eigenvalue weighted by Crippen LogP contribution is -2.33. The Balaban J connectivity index is 2.06. The predicted octanol–water partition coefficient (Wildman–Crippen LogP) is 1.50. The van der Waals surface area contributed by atoms with Crippen LogP contribution in [-0.2, 0) is 4.79 Å². The molecule has 5 heteroatoms. The van der Waals surface area contributed by atoms with E-state index < -0.39 is 11.6 Å². The molecule has 0 saturated carbocycles. The molecule has 1 fully saturated rings. The molecule has 0 aliphatic carbocycles. The van der Waals surface area contributed by atoms with Crippen LogP contribution in [0.15, 0.2) is 18.2 Å². The van der Waals surface area contributed by atoms with E-state index in [0.29, 0.717) is 13.0 Å². The first-order chi connectivity index (χ1) is 8.08. The molecular weight excluding hydrogens is 226 g/mol. The Labute approximate surface area is 98.2 Å². The molecule has 2 rings (SSSR count). The summed E-state index contributed by atoms with van der Waals surface area (Å²) >= 11 is 0. The normalized spacial score (nSPS) is 21.4. The molecule has 0 aromatic heterocycles. The molecule has 2 unspecified atom stereocenters. The second-order valence-corrected chi connectivity index (χ2v) is 4.24. The Morgan fingerprint density at radius 1 is 1.47 bits per heavy atom. The highest BCUT2D eigenvalue weighted by Crippen LogP contribution is 2.20. The molecule has 1 aliphatic rings. The molecule has 1 aromatic carbocycles. The fourth-order valence-corrected chi connectivity index (χ4v) is 2.02. The number of benzene rings is 1. The van der Waals surface area contributed by atoms with Crippen molar-refractivity contribution < 1.29 is 13.6 Å². The summed E-state index contributed by atoms with van der Waals surface area (Å²) in [5.41, 5.74) is 0.282. The SMILES string of the molecule is CC(NC1CNC(=O)C1)c1cccc(F)c1F. The van der Waals surface area contributed by atoms with Gasteiger partial charge in [0, 0.05) is 30.6 Å². The molecule has 1 aliphatic heterocycles. The van der Waals surface area contributed by atoms with Crippen LogP contribution in [0.2, 0.25) is 0 Å². The van der Waals surface area contributed by atoms with Crippen LogP contribution in [0.4, 0.5) is 8.78 Å². The van der Waals surface area contributed by atoms with Crippen molar-refractivity contribution in [3.63, 3.8) is 0 Å². The van der Waals surface area contributed by atoms with Gasteiger partial charge in [0.05, 0.1) is 0 Å². The maximum atomic E-state index is 13.5. The predicted molar refractivity (Wildman–Crippen MR) is 59.3 cm³/mol. The van der Waals surface area contributed by atoms with Gasteiger partial charge in [-0.05, 0) is 13.0 Å². The zero-order valence-electron chi connectivity index (χ0n) is 9.47. The number of nitrogens with one attached hydrogen (secondary N) is 2. The van der Waals surface area contributed by atoms with E-state index in [1.54, 1.807) is 13.0 Å². The molecule has 3 nitrogen and oxygen atoms in total. The van der Waals surface area contributed by atoms with Gasteiger partial charge in [-0.15, -0.1) is 0 Å². The van der Waals surface area contributed by atoms with Gasteiger partial charge in [-0.25, -0.2) is 8.78 Å². The zero-order valence-corrected chi connectivity index (χ0v) is 9.47. The Bertz CT molecular complexity index is 437. The van der Waals surface area contributed by atoms with Crippen LogP contribution < -0.4 is 10.6 Å². The second kappa shape index (κ2) is 4.79. The molecule has 17 heavy (non-hydrogen) atoms. The maximum Gasteiger partial charge on any atom is 0.221 e. The van der Waals surface area contributed by atoms with Crippen LogP contribution in [0.3, 0.4) is 0 Å². The first-order valence-corrected chi connectivity index (χ1v) is 5.54. The number of carbonyl (C=O) groups is 1. The Hall–Kier alpha value is -1.49. The van der Waals surface area contributed by atoms with Crippen LogP contribution in [-0.4, -0.2) is 18.5 Å². The summed E-state index contributed by atoms with van der Waals surface area (Å²) in [6, 6.07) is 3.75. The lowest BCUT2D eigenvalue weighted by Gasteiger charge is -2.19. The largest absolute Gasteiger partial charge is 0.354 e. The van der Waals surface area contributed by atoms with Gasteiger partial charge in [-0.1, -0.05) is 12.1 Å². The molecule has 1 amide bonds. The first-order valence-electron chi connectivity index (χ1n) is 5.54. The minimum Gasteiger partial charge on any atom is -0.354 e. The van der Waals surface area contributed by atoms with E-state index in [9.17, 15) is 13.6 Å². The van der Waals surface area contributed by atoms with Crippen molar-refractivity contribution in [3.8, 4) is 0 Å². The van der Waals surface area contributed by atoms with Crippen molar-refractivity contribution in [1.29, 1.82) is 0 Å². The first kappa shape index (κ1) is 12.0. The fraction of sp³-hybridized carbons (Fsp3) is 0.417. The van der Waals surface area contributed by atoms with Gasteiger partial charge < -0.3 is 10.6 Å². The van der Waals surface area contributed by atoms with Crippen LogP contribution in [0.1, 0.15) is 24.9 Å². The Morgan fingerprint density at radius 2 is 2.24 bits per heavy atom. The van der Waals surface area contributed by atoms with Crippen LogP contribution in [0, 0.1) is 11.6 Å². The van der Waals surface area contributed by atoms with Gasteiger partial charge in [-0.2, -0.15) is 0 Å². The summed E-state index contributed by atoms with van der Waals surface area (Å²) in [5.74, 6) is -1.70. The quantitative estimate of drug-likeness (QED) is 0.840. The third kappa shape index (κ3) is 2.61. The summed E-state index contributed by atoms with van der Waals surface area (Å²) in [6.07, 6.45) is 0.376. The molecule has 2 N–H and O–H groups in total. The van der Waals surface area contributed by atoms with Gasteiger partial charge >= 0.3 is 0 Å². The van der Waals surface area contributed by atoms with E-state index >= 15 is 0 Å². The number of rotatable bonds is 3. The lowest BCUT2D eigenvalue weighted by molar-refractivity contribution is -0.119. The van der Waals surface area contributed by atoms with Crippen molar-refractivity contribution in [2.24, 2.45) is 0 Å². The van der Waals surface area contributed by atoms with Crippen molar-refractivity contribution >= 4 is 5.91 Å². The summed E-state index contributed by atoms with van der Waals surface area (Å²) < 4.78 is 26.6. The monoisotopic (exact) mass is 240 g/mol. The molecule has 1 saturated heterocycles. The average Bonchev–Trinajstić information content (AvgIpc) is 2.68. The molecule has 0 radical (unpaired) electrons. The van der Waals surface area contributed by atoms with Crippen molar-refractivity contribution in [1.82, 2.24) is 10.6 Å². The van der Waals surface area contributed by atoms with Gasteiger partial charge in [0.2, 0.25) is 5.91 Å². The van der Waals surface area contributed by atoms with Crippen LogP contribution in [0.5, 0.6) is 0 Å². The average molecular weight is 240 g/mol. The lowest BCUT2D eigenvalue weighted by atomic mass is 10.1. The summed E-state index contributed by atoms with van der Waals surface area (Å²) in [4.78, 5) is 11.0. The smallest absolute Gasteiger partial charge is 0.221 e. The van der Waals surface area contributed by atoms with Crippen LogP contribution in [0.25, 0.3) is 0 Å². The van der Waals surface area contributed by atoms with E-state index in [-0.39, 0.29) is 23.6 Å². The highest BCUT2D eigenvalue weighted by atomic mass is 19.2. The van der Waals surface area contributed by atoms with E-state index in [4.69, 9.17) is 0 Å². The van der Waals surface area contributed by atoms with Gasteiger partial charge in [-0.3, -0.25) is 4.79 Å². The summed E-state index contributed by atoms with van der Waals surface area (Å²) in [5, 5.41) is 5.79. The number of halogens is 2. The second-order valence-electron chi connectivity index (χ2n) is 4.24. The Morgan fingerprint density at radius 3 is 2.88 bits per heavy atom. The van der Waals surface area contributed by atoms with Crippen LogP contribution >= 0.6 is 0 Å². The van der Waals surface area contributed by atoms with E-state index in [1.807, 2.05) is 0 Å². The van der Waals surface area contributed by atoms with E-state index in [1.165, 1.54) is 6.07 Å². The molecule has 92 valence electrons. The summed E-state index contributed by atoms with van der Waals surface area (Å²) in [6.45, 7) is 2.28. The molecular formula is C12H14F2N2O. The number of carbonyl (C=O) groups excluding carboxylic acids is 1. The van der Waals surface area contributed by atoms with Gasteiger partial charge in [0.1, 0.15) is 0 Å². The fourth-order valence-electron chi connectivity index (χ4n) is 2.02.